The van der Waals surface area contributed by atoms with Crippen LogP contribution in [-0.2, 0) is 50.3 Å². The summed E-state index contributed by atoms with van der Waals surface area (Å²) in [5.74, 6) is 0.740. The molecule has 1 saturated carbocycles. The third-order valence-corrected chi connectivity index (χ3v) is 12.7. The maximum Gasteiger partial charge on any atom is 0.472 e. The Morgan fingerprint density at radius 1 is 0.803 bits per heavy atom. The molecule has 0 aromatic carbocycles. The fourth-order valence-corrected chi connectivity index (χ4v) is 8.65. The zero-order valence-corrected chi connectivity index (χ0v) is 39.0. The number of carbonyl (C=O) groups is 3. The lowest BCUT2D eigenvalue weighted by Crippen LogP contribution is -2.29. The molecule has 0 spiro atoms. The average Bonchev–Trinajstić information content (AvgIpc) is 3.66. The fraction of sp³-hybridized carbons (Fsp3) is 0.809. The van der Waals surface area contributed by atoms with Crippen molar-refractivity contribution in [3.63, 3.8) is 0 Å². The molecule has 0 saturated heterocycles. The number of ether oxygens (including phenoxy) is 2. The van der Waals surface area contributed by atoms with Gasteiger partial charge in [0.2, 0.25) is 0 Å². The Balaban J connectivity index is 1.66. The van der Waals surface area contributed by atoms with E-state index < -0.39 is 44.7 Å². The number of unbranched alkanes of at least 4 members (excludes halogenated alkanes) is 14. The van der Waals surface area contributed by atoms with Gasteiger partial charge < -0.3 is 34.7 Å². The number of hydrogen-bond acceptors (Lipinski definition) is 12. The minimum atomic E-state index is -4.46. The summed E-state index contributed by atoms with van der Waals surface area (Å²) < 4.78 is 39.1. The molecule has 1 fully saturated rings. The van der Waals surface area contributed by atoms with Crippen molar-refractivity contribution in [1.29, 1.82) is 0 Å². The van der Waals surface area contributed by atoms with Crippen molar-refractivity contribution >= 4 is 25.5 Å². The highest BCUT2D eigenvalue weighted by Crippen LogP contribution is 2.43. The molecule has 1 aromatic heterocycles. The molecule has 0 bridgehead atoms. The molecule has 6 atom stereocenters. The third-order valence-electron chi connectivity index (χ3n) is 11.7. The van der Waals surface area contributed by atoms with E-state index in [9.17, 15) is 34.1 Å². The van der Waals surface area contributed by atoms with Crippen LogP contribution >= 0.6 is 7.82 Å². The Bertz CT molecular complexity index is 1450. The van der Waals surface area contributed by atoms with Crippen molar-refractivity contribution in [2.75, 3.05) is 26.4 Å². The summed E-state index contributed by atoms with van der Waals surface area (Å²) in [6.45, 7) is 7.65. The minimum absolute atomic E-state index is 0.00974. The molecule has 5 N–H and O–H groups in total. The van der Waals surface area contributed by atoms with Crippen molar-refractivity contribution in [3.8, 4) is 0 Å². The molecule has 1 aliphatic carbocycles. The Labute approximate surface area is 366 Å². The summed E-state index contributed by atoms with van der Waals surface area (Å²) in [7, 11) is -4.46. The number of furan rings is 1. The van der Waals surface area contributed by atoms with Crippen LogP contribution < -0.4 is 5.73 Å². The van der Waals surface area contributed by atoms with E-state index in [0.29, 0.717) is 32.1 Å². The summed E-state index contributed by atoms with van der Waals surface area (Å²) in [5, 5.41) is 20.7. The van der Waals surface area contributed by atoms with Crippen LogP contribution in [0.25, 0.3) is 0 Å². The summed E-state index contributed by atoms with van der Waals surface area (Å²) in [6.07, 6.45) is 22.5. The largest absolute Gasteiger partial charge is 0.472 e. The van der Waals surface area contributed by atoms with Gasteiger partial charge in [0.05, 0.1) is 25.4 Å². The van der Waals surface area contributed by atoms with Gasteiger partial charge in [0.1, 0.15) is 23.9 Å². The van der Waals surface area contributed by atoms with Crippen LogP contribution in [-0.4, -0.2) is 77.5 Å². The van der Waals surface area contributed by atoms with E-state index in [1.165, 1.54) is 43.2 Å². The number of ketones is 1. The number of aliphatic hydroxyl groups is 2. The van der Waals surface area contributed by atoms with Crippen LogP contribution in [0.5, 0.6) is 0 Å². The summed E-state index contributed by atoms with van der Waals surface area (Å²) in [4.78, 5) is 47.9. The van der Waals surface area contributed by atoms with Gasteiger partial charge in [0.25, 0.3) is 0 Å². The first-order valence-corrected chi connectivity index (χ1v) is 25.1. The Kier molecular flexibility index (Phi) is 29.0. The molecule has 352 valence electrons. The van der Waals surface area contributed by atoms with Gasteiger partial charge in [0.15, 0.2) is 6.10 Å². The first-order valence-electron chi connectivity index (χ1n) is 23.6. The predicted molar refractivity (Wildman–Crippen MR) is 238 cm³/mol. The lowest BCUT2D eigenvalue weighted by molar-refractivity contribution is -0.161. The molecular weight excluding hydrogens is 801 g/mol. The number of rotatable bonds is 37. The first kappa shape index (κ1) is 54.8. The molecule has 0 aliphatic heterocycles. The monoisotopic (exact) mass is 884 g/mol. The normalized spacial score (nSPS) is 18.8. The van der Waals surface area contributed by atoms with Gasteiger partial charge in [-0.2, -0.15) is 0 Å². The number of Topliss-reactive ketones (excluding diaryl/α,β-unsaturated/α-hetero) is 1. The summed E-state index contributed by atoms with van der Waals surface area (Å²) >= 11 is 0. The highest BCUT2D eigenvalue weighted by atomic mass is 31.2. The van der Waals surface area contributed by atoms with E-state index in [0.717, 1.165) is 88.6 Å². The van der Waals surface area contributed by atoms with Crippen LogP contribution in [0, 0.1) is 25.7 Å². The maximum absolute atomic E-state index is 12.8. The van der Waals surface area contributed by atoms with E-state index in [1.807, 2.05) is 6.08 Å². The Hall–Kier alpha value is -2.38. The first-order chi connectivity index (χ1) is 29.3. The molecule has 1 unspecified atom stereocenters. The van der Waals surface area contributed by atoms with Gasteiger partial charge in [-0.05, 0) is 63.5 Å². The smallest absolute Gasteiger partial charge is 0.466 e. The third kappa shape index (κ3) is 23.8. The van der Waals surface area contributed by atoms with Crippen molar-refractivity contribution in [2.45, 2.75) is 207 Å². The van der Waals surface area contributed by atoms with Gasteiger partial charge >= 0.3 is 19.8 Å². The Morgan fingerprint density at radius 2 is 1.36 bits per heavy atom. The van der Waals surface area contributed by atoms with Gasteiger partial charge in [0, 0.05) is 50.5 Å². The van der Waals surface area contributed by atoms with E-state index >= 15 is 0 Å². The molecule has 61 heavy (non-hydrogen) atoms. The number of carbonyl (C=O) groups excluding carboxylic acids is 3. The number of phosphoric ester groups is 1. The second kappa shape index (κ2) is 32.3. The average molecular weight is 884 g/mol. The highest BCUT2D eigenvalue weighted by molar-refractivity contribution is 7.47. The number of phosphoric acid groups is 1. The van der Waals surface area contributed by atoms with E-state index in [4.69, 9.17) is 28.7 Å². The van der Waals surface area contributed by atoms with Gasteiger partial charge in [-0.15, -0.1) is 0 Å². The number of aliphatic hydroxyl groups excluding tert-OH is 2. The summed E-state index contributed by atoms with van der Waals surface area (Å²) in [5.41, 5.74) is 7.98. The maximum atomic E-state index is 12.8. The van der Waals surface area contributed by atoms with Gasteiger partial charge in [-0.1, -0.05) is 116 Å². The van der Waals surface area contributed by atoms with Crippen LogP contribution in [0.15, 0.2) is 16.6 Å². The number of aryl methyl sites for hydroxylation is 2. The van der Waals surface area contributed by atoms with Crippen molar-refractivity contribution in [2.24, 2.45) is 17.6 Å². The molecule has 0 amide bonds. The summed E-state index contributed by atoms with van der Waals surface area (Å²) in [6, 6.07) is 0. The quantitative estimate of drug-likeness (QED) is 0.0213. The fourth-order valence-electron chi connectivity index (χ4n) is 7.89. The molecule has 13 nitrogen and oxygen atoms in total. The molecule has 14 heteroatoms. The lowest BCUT2D eigenvalue weighted by atomic mass is 9.88. The van der Waals surface area contributed by atoms with Crippen LogP contribution in [0.4, 0.5) is 0 Å². The van der Waals surface area contributed by atoms with Crippen LogP contribution in [0.3, 0.4) is 0 Å². The second-order valence-electron chi connectivity index (χ2n) is 17.0. The molecule has 1 aromatic rings. The lowest BCUT2D eigenvalue weighted by Gasteiger charge is -2.20. The van der Waals surface area contributed by atoms with Crippen molar-refractivity contribution in [3.05, 3.63) is 34.8 Å². The highest BCUT2D eigenvalue weighted by Gasteiger charge is 2.39. The zero-order chi connectivity index (χ0) is 44.9. The van der Waals surface area contributed by atoms with Gasteiger partial charge in [-0.25, -0.2) is 4.57 Å². The van der Waals surface area contributed by atoms with Crippen molar-refractivity contribution in [1.82, 2.24) is 0 Å². The topological polar surface area (TPSA) is 205 Å². The minimum Gasteiger partial charge on any atom is -0.466 e. The molecule has 2 rings (SSSR count). The van der Waals surface area contributed by atoms with Crippen LogP contribution in [0.1, 0.15) is 184 Å². The van der Waals surface area contributed by atoms with E-state index in [2.05, 4.69) is 27.7 Å². The second-order valence-corrected chi connectivity index (χ2v) is 18.4. The Morgan fingerprint density at radius 3 is 1.98 bits per heavy atom. The molecule has 1 aliphatic rings. The van der Waals surface area contributed by atoms with E-state index in [-0.39, 0.29) is 56.6 Å². The van der Waals surface area contributed by atoms with Crippen LogP contribution in [0.2, 0.25) is 0 Å². The predicted octanol–water partition coefficient (Wildman–Crippen LogP) is 9.63. The van der Waals surface area contributed by atoms with Gasteiger partial charge in [-0.3, -0.25) is 23.4 Å². The molecule has 0 radical (unpaired) electrons. The molecule has 1 heterocycles. The number of hydrogen-bond donors (Lipinski definition) is 4. The number of nitrogens with two attached hydrogens (primary N) is 1. The number of esters is 2. The SMILES string of the molecule is CCCCCc1oc(CCCCCCCCCCC(=O)OC[C@H](COP(=O)(O)OCCN)OC(=O)CCCCCC[C@H]2C(=O)C[C@@H](O)[C@@H]2/C=C/[C@@H](O)CCCCC)c(C)c1C. The molecular formula is C47H82NO12P. The standard InChI is InChI=1S/C47H82NO12P/c1-5-7-17-23-38(49)29-30-41-40(42(50)33-43(41)51)24-19-15-16-22-28-47(53)59-39(35-58-61(54,55)57-32-31-48)34-56-46(52)27-21-14-12-10-9-11-13-20-26-45-37(4)36(3)44(60-45)25-18-8-6-2/h29-30,38-41,43,49,51H,5-28,31-35,48H2,1-4H3,(H,54,55)/b30-29+/t38-,39+,40+,41+,43+/m0/s1. The van der Waals surface area contributed by atoms with Crippen molar-refractivity contribution < 1.29 is 57.0 Å². The zero-order valence-electron chi connectivity index (χ0n) is 38.1. The van der Waals surface area contributed by atoms with E-state index in [1.54, 1.807) is 6.08 Å².